The van der Waals surface area contributed by atoms with Crippen LogP contribution < -0.4 is 16.0 Å². The highest BCUT2D eigenvalue weighted by molar-refractivity contribution is 5.84. The molecule has 0 fully saturated rings. The number of aromatic amines is 1. The largest absolute Gasteiger partial charge is 0.493 e. The summed E-state index contributed by atoms with van der Waals surface area (Å²) in [6.07, 6.45) is 1.46. The van der Waals surface area contributed by atoms with Crippen molar-refractivity contribution in [3.8, 4) is 5.75 Å². The van der Waals surface area contributed by atoms with Crippen molar-refractivity contribution < 1.29 is 14.2 Å². The van der Waals surface area contributed by atoms with Gasteiger partial charge in [-0.15, -0.1) is 0 Å². The van der Waals surface area contributed by atoms with E-state index < -0.39 is 11.2 Å². The van der Waals surface area contributed by atoms with E-state index in [-0.39, 0.29) is 19.0 Å². The number of H-pyrrole nitrogens is 1. The minimum atomic E-state index is -0.513. The number of aliphatic hydroxyl groups is 1. The van der Waals surface area contributed by atoms with Crippen LogP contribution in [0.1, 0.15) is 30.9 Å². The summed E-state index contributed by atoms with van der Waals surface area (Å²) >= 11 is 0. The van der Waals surface area contributed by atoms with Crippen molar-refractivity contribution in [2.24, 2.45) is 0 Å². The average molecular weight is 386 g/mol. The quantitative estimate of drug-likeness (QED) is 0.623. The normalized spacial score (nSPS) is 11.1. The molecule has 0 radical (unpaired) electrons. The molecule has 1 heterocycles. The number of aromatic nitrogens is 2. The molecule has 0 saturated carbocycles. The first kappa shape index (κ1) is 19.8. The SMILES string of the molecule is CCCOc1ccc2[nH]c(=O)n(CCCO)c(=O)c2c1Cc1ccc(F)cc1. The molecule has 6 nitrogen and oxygen atoms in total. The molecule has 0 saturated heterocycles. The van der Waals surface area contributed by atoms with Crippen molar-refractivity contribution in [1.29, 1.82) is 0 Å². The molecule has 148 valence electrons. The second-order valence-electron chi connectivity index (χ2n) is 6.58. The number of hydrogen-bond donors (Lipinski definition) is 2. The van der Waals surface area contributed by atoms with Gasteiger partial charge in [-0.25, -0.2) is 9.18 Å². The molecule has 2 N–H and O–H groups in total. The fraction of sp³-hybridized carbons (Fsp3) is 0.333. The molecule has 7 heteroatoms. The predicted molar refractivity (Wildman–Crippen MR) is 106 cm³/mol. The molecular weight excluding hydrogens is 363 g/mol. The van der Waals surface area contributed by atoms with Crippen molar-refractivity contribution in [3.63, 3.8) is 0 Å². The van der Waals surface area contributed by atoms with Gasteiger partial charge in [0.25, 0.3) is 5.56 Å². The summed E-state index contributed by atoms with van der Waals surface area (Å²) < 4.78 is 20.2. The molecule has 3 rings (SSSR count). The van der Waals surface area contributed by atoms with E-state index in [1.165, 1.54) is 12.1 Å². The van der Waals surface area contributed by atoms with Crippen LogP contribution in [0.4, 0.5) is 4.39 Å². The molecule has 0 aliphatic heterocycles. The summed E-state index contributed by atoms with van der Waals surface area (Å²) in [4.78, 5) is 28.1. The minimum Gasteiger partial charge on any atom is -0.493 e. The molecule has 3 aromatic rings. The Morgan fingerprint density at radius 2 is 1.89 bits per heavy atom. The topological polar surface area (TPSA) is 84.3 Å². The number of ether oxygens (including phenoxy) is 1. The van der Waals surface area contributed by atoms with Gasteiger partial charge in [-0.2, -0.15) is 0 Å². The number of rotatable bonds is 8. The smallest absolute Gasteiger partial charge is 0.328 e. The maximum Gasteiger partial charge on any atom is 0.328 e. The molecule has 0 amide bonds. The molecule has 0 spiro atoms. The number of benzene rings is 2. The molecule has 2 aromatic carbocycles. The molecule has 1 aromatic heterocycles. The van der Waals surface area contributed by atoms with Gasteiger partial charge < -0.3 is 14.8 Å². The fourth-order valence-electron chi connectivity index (χ4n) is 3.15. The van der Waals surface area contributed by atoms with Crippen LogP contribution in [0, 0.1) is 5.82 Å². The maximum absolute atomic E-state index is 13.3. The van der Waals surface area contributed by atoms with Crippen LogP contribution in [-0.4, -0.2) is 27.9 Å². The summed E-state index contributed by atoms with van der Waals surface area (Å²) in [7, 11) is 0. The van der Waals surface area contributed by atoms with Crippen LogP contribution in [0.15, 0.2) is 46.0 Å². The molecule has 0 aliphatic rings. The van der Waals surface area contributed by atoms with Crippen LogP contribution >= 0.6 is 0 Å². The fourth-order valence-corrected chi connectivity index (χ4v) is 3.15. The lowest BCUT2D eigenvalue weighted by molar-refractivity contribution is 0.278. The Kier molecular flexibility index (Phi) is 6.26. The van der Waals surface area contributed by atoms with Crippen LogP contribution in [0.2, 0.25) is 0 Å². The Hall–Kier alpha value is -2.93. The molecule has 0 bridgehead atoms. The van der Waals surface area contributed by atoms with Gasteiger partial charge in [0.05, 0.1) is 17.5 Å². The van der Waals surface area contributed by atoms with Gasteiger partial charge in [0.2, 0.25) is 0 Å². The van der Waals surface area contributed by atoms with E-state index in [1.54, 1.807) is 24.3 Å². The van der Waals surface area contributed by atoms with E-state index in [0.29, 0.717) is 41.7 Å². The van der Waals surface area contributed by atoms with E-state index in [4.69, 9.17) is 9.84 Å². The summed E-state index contributed by atoms with van der Waals surface area (Å²) in [5, 5.41) is 9.43. The van der Waals surface area contributed by atoms with Crippen LogP contribution in [0.25, 0.3) is 10.9 Å². The third kappa shape index (κ3) is 4.14. The van der Waals surface area contributed by atoms with E-state index in [2.05, 4.69) is 4.98 Å². The molecular formula is C21H23FN2O4. The van der Waals surface area contributed by atoms with E-state index in [9.17, 15) is 14.0 Å². The predicted octanol–water partition coefficient (Wildman–Crippen LogP) is 2.59. The van der Waals surface area contributed by atoms with Crippen LogP contribution in [-0.2, 0) is 13.0 Å². The van der Waals surface area contributed by atoms with Crippen molar-refractivity contribution in [3.05, 3.63) is 74.2 Å². The Morgan fingerprint density at radius 1 is 1.14 bits per heavy atom. The van der Waals surface area contributed by atoms with E-state index in [1.807, 2.05) is 6.92 Å². The third-order valence-corrected chi connectivity index (χ3v) is 4.51. The lowest BCUT2D eigenvalue weighted by Gasteiger charge is -2.15. The maximum atomic E-state index is 13.3. The summed E-state index contributed by atoms with van der Waals surface area (Å²) in [5.41, 5.74) is 0.961. The first-order valence-corrected chi connectivity index (χ1v) is 9.32. The van der Waals surface area contributed by atoms with Gasteiger partial charge in [0, 0.05) is 25.1 Å². The van der Waals surface area contributed by atoms with Crippen LogP contribution in [0.3, 0.4) is 0 Å². The van der Waals surface area contributed by atoms with Gasteiger partial charge >= 0.3 is 5.69 Å². The Morgan fingerprint density at radius 3 is 2.57 bits per heavy atom. The third-order valence-electron chi connectivity index (χ3n) is 4.51. The minimum absolute atomic E-state index is 0.119. The molecule has 0 atom stereocenters. The van der Waals surface area contributed by atoms with Gasteiger partial charge in [-0.3, -0.25) is 9.36 Å². The number of halogens is 1. The van der Waals surface area contributed by atoms with Crippen molar-refractivity contribution >= 4 is 10.9 Å². The van der Waals surface area contributed by atoms with Gasteiger partial charge in [0.15, 0.2) is 0 Å². The molecule has 28 heavy (non-hydrogen) atoms. The first-order chi connectivity index (χ1) is 13.5. The van der Waals surface area contributed by atoms with Crippen molar-refractivity contribution in [2.45, 2.75) is 32.7 Å². The number of aliphatic hydroxyl groups excluding tert-OH is 1. The average Bonchev–Trinajstić information content (AvgIpc) is 2.68. The molecule has 0 unspecified atom stereocenters. The second kappa shape index (κ2) is 8.84. The Bertz CT molecular complexity index is 1070. The lowest BCUT2D eigenvalue weighted by Crippen LogP contribution is -2.35. The zero-order valence-corrected chi connectivity index (χ0v) is 15.7. The Labute approximate surface area is 161 Å². The monoisotopic (exact) mass is 386 g/mol. The zero-order chi connectivity index (χ0) is 20.1. The number of fused-ring (bicyclic) bond motifs is 1. The highest BCUT2D eigenvalue weighted by Crippen LogP contribution is 2.27. The summed E-state index contributed by atoms with van der Waals surface area (Å²) in [6.45, 7) is 2.48. The van der Waals surface area contributed by atoms with Crippen LogP contribution in [0.5, 0.6) is 5.75 Å². The highest BCUT2D eigenvalue weighted by atomic mass is 19.1. The number of hydrogen-bond acceptors (Lipinski definition) is 4. The number of nitrogens with zero attached hydrogens (tertiary/aromatic N) is 1. The van der Waals surface area contributed by atoms with E-state index in [0.717, 1.165) is 16.6 Å². The summed E-state index contributed by atoms with van der Waals surface area (Å²) in [6, 6.07) is 9.46. The van der Waals surface area contributed by atoms with Crippen molar-refractivity contribution in [1.82, 2.24) is 9.55 Å². The molecule has 0 aliphatic carbocycles. The second-order valence-corrected chi connectivity index (χ2v) is 6.58. The summed E-state index contributed by atoms with van der Waals surface area (Å²) in [5.74, 6) is 0.233. The van der Waals surface area contributed by atoms with Gasteiger partial charge in [0.1, 0.15) is 11.6 Å². The first-order valence-electron chi connectivity index (χ1n) is 9.32. The van der Waals surface area contributed by atoms with Gasteiger partial charge in [-0.1, -0.05) is 19.1 Å². The number of nitrogens with one attached hydrogen (secondary N) is 1. The Balaban J connectivity index is 2.21. The standard InChI is InChI=1S/C21H23FN2O4/c1-2-12-28-18-9-8-17-19(16(18)13-14-4-6-15(22)7-5-14)20(26)24(10-3-11-25)21(27)23-17/h4-9,25H,2-3,10-13H2,1H3,(H,23,27). The highest BCUT2D eigenvalue weighted by Gasteiger charge is 2.16. The van der Waals surface area contributed by atoms with Gasteiger partial charge in [-0.05, 0) is 42.7 Å². The van der Waals surface area contributed by atoms with E-state index >= 15 is 0 Å². The zero-order valence-electron chi connectivity index (χ0n) is 15.7. The van der Waals surface area contributed by atoms with Crippen molar-refractivity contribution in [2.75, 3.05) is 13.2 Å². The lowest BCUT2D eigenvalue weighted by atomic mass is 10.00.